The lowest BCUT2D eigenvalue weighted by Gasteiger charge is -2.26. The third kappa shape index (κ3) is 4.58. The molecule has 0 aromatic carbocycles. The van der Waals surface area contributed by atoms with Crippen LogP contribution in [0.3, 0.4) is 0 Å². The van der Waals surface area contributed by atoms with Crippen molar-refractivity contribution in [2.24, 2.45) is 11.8 Å². The van der Waals surface area contributed by atoms with Crippen molar-refractivity contribution in [3.8, 4) is 0 Å². The summed E-state index contributed by atoms with van der Waals surface area (Å²) in [6, 6.07) is 2.93. The van der Waals surface area contributed by atoms with E-state index in [2.05, 4.69) is 22.5 Å². The lowest BCUT2D eigenvalue weighted by molar-refractivity contribution is -0.384. The molecular weight excluding hydrogens is 268 g/mol. The minimum absolute atomic E-state index is 0.0586. The molecule has 21 heavy (non-hydrogen) atoms. The summed E-state index contributed by atoms with van der Waals surface area (Å²) in [5, 5.41) is 17.0. The molecule has 6 heteroatoms. The summed E-state index contributed by atoms with van der Waals surface area (Å²) in [5.41, 5.74) is 0.0586. The Morgan fingerprint density at radius 3 is 2.57 bits per heavy atom. The Balaban J connectivity index is 1.87. The molecule has 0 aliphatic heterocycles. The molecule has 2 N–H and O–H groups in total. The topological polar surface area (TPSA) is 80.1 Å². The van der Waals surface area contributed by atoms with E-state index in [1.807, 2.05) is 0 Å². The van der Waals surface area contributed by atoms with E-state index in [-0.39, 0.29) is 5.69 Å². The summed E-state index contributed by atoms with van der Waals surface area (Å²) in [6.45, 7) is 3.14. The molecule has 1 heterocycles. The van der Waals surface area contributed by atoms with Gasteiger partial charge in [-0.3, -0.25) is 10.1 Å². The number of nitrogens with one attached hydrogen (secondary N) is 2. The molecule has 0 spiro atoms. The highest BCUT2D eigenvalue weighted by molar-refractivity contribution is 5.54. The van der Waals surface area contributed by atoms with Crippen molar-refractivity contribution >= 4 is 17.3 Å². The number of hydrogen-bond acceptors (Lipinski definition) is 5. The van der Waals surface area contributed by atoms with Crippen LogP contribution in [-0.2, 0) is 0 Å². The van der Waals surface area contributed by atoms with Crippen molar-refractivity contribution in [1.82, 2.24) is 4.98 Å². The Bertz CT molecular complexity index is 485. The van der Waals surface area contributed by atoms with E-state index in [1.165, 1.54) is 37.8 Å². The highest BCUT2D eigenvalue weighted by Crippen LogP contribution is 2.30. The highest BCUT2D eigenvalue weighted by Gasteiger charge is 2.18. The van der Waals surface area contributed by atoms with Gasteiger partial charge in [0.1, 0.15) is 11.6 Å². The summed E-state index contributed by atoms with van der Waals surface area (Å²) in [5.74, 6) is 2.72. The zero-order valence-corrected chi connectivity index (χ0v) is 12.8. The minimum atomic E-state index is -0.393. The van der Waals surface area contributed by atoms with Gasteiger partial charge in [0.2, 0.25) is 0 Å². The van der Waals surface area contributed by atoms with Gasteiger partial charge in [-0.15, -0.1) is 0 Å². The lowest BCUT2D eigenvalue weighted by Crippen LogP contribution is -2.16. The van der Waals surface area contributed by atoms with Crippen LogP contribution in [0, 0.1) is 22.0 Å². The molecule has 1 aromatic heterocycles. The maximum absolute atomic E-state index is 10.9. The van der Waals surface area contributed by atoms with Gasteiger partial charge in [-0.25, -0.2) is 4.98 Å². The zero-order valence-electron chi connectivity index (χ0n) is 12.8. The second-order valence-electron chi connectivity index (χ2n) is 5.94. The van der Waals surface area contributed by atoms with Crippen molar-refractivity contribution in [3.05, 3.63) is 22.2 Å². The first-order valence-corrected chi connectivity index (χ1v) is 7.66. The zero-order chi connectivity index (χ0) is 15.2. The number of nitro groups is 1. The number of aromatic nitrogens is 1. The van der Waals surface area contributed by atoms with Gasteiger partial charge in [0.05, 0.1) is 17.1 Å². The number of anilines is 2. The molecular formula is C15H24N4O2. The average Bonchev–Trinajstić information content (AvgIpc) is 2.49. The predicted molar refractivity (Wildman–Crippen MR) is 84.7 cm³/mol. The minimum Gasteiger partial charge on any atom is -0.373 e. The largest absolute Gasteiger partial charge is 0.373 e. The fourth-order valence-electron chi connectivity index (χ4n) is 2.86. The summed E-state index contributed by atoms with van der Waals surface area (Å²) < 4.78 is 0. The van der Waals surface area contributed by atoms with Gasteiger partial charge in [-0.1, -0.05) is 32.6 Å². The normalized spacial score (nSPS) is 21.8. The fourth-order valence-corrected chi connectivity index (χ4v) is 2.86. The van der Waals surface area contributed by atoms with Crippen LogP contribution >= 0.6 is 0 Å². The molecule has 0 unspecified atom stereocenters. The maximum atomic E-state index is 10.9. The average molecular weight is 292 g/mol. The number of hydrogen-bond donors (Lipinski definition) is 2. The molecule has 0 radical (unpaired) electrons. The molecule has 2 rings (SSSR count). The molecule has 1 aliphatic carbocycles. The van der Waals surface area contributed by atoms with Crippen LogP contribution < -0.4 is 10.6 Å². The highest BCUT2D eigenvalue weighted by atomic mass is 16.6. The van der Waals surface area contributed by atoms with Gasteiger partial charge >= 0.3 is 0 Å². The molecule has 6 nitrogen and oxygen atoms in total. The van der Waals surface area contributed by atoms with E-state index >= 15 is 0 Å². The quantitative estimate of drug-likeness (QED) is 0.618. The molecule has 116 valence electrons. The van der Waals surface area contributed by atoms with Crippen LogP contribution in [-0.4, -0.2) is 23.5 Å². The maximum Gasteiger partial charge on any atom is 0.276 e. The van der Waals surface area contributed by atoms with Crippen molar-refractivity contribution in [2.45, 2.75) is 39.0 Å². The van der Waals surface area contributed by atoms with E-state index in [9.17, 15) is 10.1 Å². The van der Waals surface area contributed by atoms with Crippen molar-refractivity contribution < 1.29 is 4.92 Å². The number of nitrogens with zero attached hydrogens (tertiary/aromatic N) is 2. The van der Waals surface area contributed by atoms with Gasteiger partial charge in [-0.05, 0) is 18.3 Å². The Morgan fingerprint density at radius 1 is 1.29 bits per heavy atom. The van der Waals surface area contributed by atoms with Crippen LogP contribution in [0.25, 0.3) is 0 Å². The van der Waals surface area contributed by atoms with Gasteiger partial charge < -0.3 is 10.6 Å². The monoisotopic (exact) mass is 292 g/mol. The number of pyridine rings is 1. The van der Waals surface area contributed by atoms with Crippen molar-refractivity contribution in [1.29, 1.82) is 0 Å². The molecule has 1 saturated carbocycles. The summed E-state index contributed by atoms with van der Waals surface area (Å²) in [4.78, 5) is 14.8. The SMILES string of the molecule is CNc1cc([N+](=O)[O-])cc(NCCC2CCC(C)CC2)n1. The first-order chi connectivity index (χ1) is 10.1. The third-order valence-corrected chi connectivity index (χ3v) is 4.27. The Hall–Kier alpha value is -1.85. The fraction of sp³-hybridized carbons (Fsp3) is 0.667. The lowest BCUT2D eigenvalue weighted by atomic mass is 9.81. The molecule has 0 amide bonds. The van der Waals surface area contributed by atoms with Gasteiger partial charge in [0.15, 0.2) is 0 Å². The second-order valence-corrected chi connectivity index (χ2v) is 5.94. The van der Waals surface area contributed by atoms with E-state index in [1.54, 1.807) is 7.05 Å². The second kappa shape index (κ2) is 7.24. The summed E-state index contributed by atoms with van der Waals surface area (Å²) in [7, 11) is 1.71. The standard InChI is InChI=1S/C15H24N4O2/c1-11-3-5-12(6-4-11)7-8-17-15-10-13(19(20)21)9-14(16-2)18-15/h9-12H,3-8H2,1-2H3,(H2,16,17,18). The van der Waals surface area contributed by atoms with Crippen LogP contribution in [0.15, 0.2) is 12.1 Å². The number of rotatable bonds is 6. The van der Waals surface area contributed by atoms with Crippen LogP contribution in [0.2, 0.25) is 0 Å². The van der Waals surface area contributed by atoms with Gasteiger partial charge in [0, 0.05) is 13.6 Å². The smallest absolute Gasteiger partial charge is 0.276 e. The van der Waals surface area contributed by atoms with E-state index in [0.29, 0.717) is 11.6 Å². The third-order valence-electron chi connectivity index (χ3n) is 4.27. The van der Waals surface area contributed by atoms with E-state index < -0.39 is 4.92 Å². The molecule has 0 bridgehead atoms. The van der Waals surface area contributed by atoms with E-state index in [0.717, 1.165) is 24.8 Å². The van der Waals surface area contributed by atoms with Crippen LogP contribution in [0.5, 0.6) is 0 Å². The summed E-state index contributed by atoms with van der Waals surface area (Å²) >= 11 is 0. The molecule has 0 saturated heterocycles. The molecule has 1 fully saturated rings. The Labute approximate surface area is 125 Å². The first kappa shape index (κ1) is 15.5. The van der Waals surface area contributed by atoms with Crippen molar-refractivity contribution in [3.63, 3.8) is 0 Å². The molecule has 0 atom stereocenters. The van der Waals surface area contributed by atoms with Gasteiger partial charge in [0.25, 0.3) is 5.69 Å². The summed E-state index contributed by atoms with van der Waals surface area (Å²) in [6.07, 6.45) is 6.35. The van der Waals surface area contributed by atoms with Crippen LogP contribution in [0.1, 0.15) is 39.0 Å². The first-order valence-electron chi connectivity index (χ1n) is 7.66. The van der Waals surface area contributed by atoms with E-state index in [4.69, 9.17) is 0 Å². The molecule has 1 aliphatic rings. The predicted octanol–water partition coefficient (Wildman–Crippen LogP) is 3.66. The Kier molecular flexibility index (Phi) is 5.36. The van der Waals surface area contributed by atoms with Crippen LogP contribution in [0.4, 0.5) is 17.3 Å². The molecule has 1 aromatic rings. The van der Waals surface area contributed by atoms with Gasteiger partial charge in [-0.2, -0.15) is 0 Å². The Morgan fingerprint density at radius 2 is 1.95 bits per heavy atom. The van der Waals surface area contributed by atoms with Crippen molar-refractivity contribution in [2.75, 3.05) is 24.2 Å².